The molecule has 3 N–H and O–H groups in total. The summed E-state index contributed by atoms with van der Waals surface area (Å²) < 4.78 is 31.9. The van der Waals surface area contributed by atoms with E-state index in [-0.39, 0.29) is 5.92 Å². The van der Waals surface area contributed by atoms with Crippen molar-refractivity contribution in [1.29, 1.82) is 0 Å². The van der Waals surface area contributed by atoms with Crippen LogP contribution in [0.3, 0.4) is 0 Å². The summed E-state index contributed by atoms with van der Waals surface area (Å²) in [5, 5.41) is 10.7. The SMILES string of the molecule is C=C/C=C(\C=C)N(CC)c1ccc(C(c2ccc(N(CC)c3ccccc3)cc2)c2ccc(NC3CCCCC3C)c3ccccc23)cc1.CC.NSC(F)(F)F. The third-order valence-electron chi connectivity index (χ3n) is 10.4. The fourth-order valence-electron chi connectivity index (χ4n) is 7.70. The Morgan fingerprint density at radius 1 is 0.772 bits per heavy atom. The number of likely N-dealkylation sites (N-methyl/N-ethyl adjacent to an activating group) is 1. The molecule has 0 amide bonds. The highest BCUT2D eigenvalue weighted by Crippen LogP contribution is 2.41. The van der Waals surface area contributed by atoms with Gasteiger partial charge in [0.15, 0.2) is 0 Å². The number of hydrogen-bond donors (Lipinski definition) is 2. The van der Waals surface area contributed by atoms with Gasteiger partial charge >= 0.3 is 5.51 Å². The van der Waals surface area contributed by atoms with E-state index in [1.165, 1.54) is 70.2 Å². The highest BCUT2D eigenvalue weighted by atomic mass is 32.2. The molecular formula is C49H59F3N4S. The average molecular weight is 793 g/mol. The highest BCUT2D eigenvalue weighted by Gasteiger charge is 2.26. The smallest absolute Gasteiger partial charge is 0.382 e. The van der Waals surface area contributed by atoms with E-state index < -0.39 is 17.5 Å². The van der Waals surface area contributed by atoms with Crippen LogP contribution in [0.2, 0.25) is 0 Å². The van der Waals surface area contributed by atoms with Crippen molar-refractivity contribution < 1.29 is 13.2 Å². The summed E-state index contributed by atoms with van der Waals surface area (Å²) in [5.74, 6) is 0.737. The normalized spacial score (nSPS) is 15.9. The van der Waals surface area contributed by atoms with Crippen LogP contribution in [-0.4, -0.2) is 24.6 Å². The highest BCUT2D eigenvalue weighted by molar-refractivity contribution is 7.97. The van der Waals surface area contributed by atoms with Crippen LogP contribution in [0, 0.1) is 5.92 Å². The lowest BCUT2D eigenvalue weighted by molar-refractivity contribution is -0.0328. The molecule has 6 rings (SSSR count). The molecule has 1 fully saturated rings. The van der Waals surface area contributed by atoms with E-state index in [9.17, 15) is 13.2 Å². The predicted molar refractivity (Wildman–Crippen MR) is 243 cm³/mol. The van der Waals surface area contributed by atoms with Gasteiger partial charge in [-0.2, -0.15) is 13.2 Å². The van der Waals surface area contributed by atoms with Gasteiger partial charge < -0.3 is 15.1 Å². The van der Waals surface area contributed by atoms with Crippen LogP contribution in [0.1, 0.15) is 82.9 Å². The molecule has 4 nitrogen and oxygen atoms in total. The van der Waals surface area contributed by atoms with Gasteiger partial charge in [-0.1, -0.05) is 126 Å². The maximum Gasteiger partial charge on any atom is 0.455 e. The van der Waals surface area contributed by atoms with Crippen LogP contribution < -0.4 is 20.3 Å². The zero-order valence-electron chi connectivity index (χ0n) is 34.1. The van der Waals surface area contributed by atoms with E-state index in [1.807, 2.05) is 32.1 Å². The topological polar surface area (TPSA) is 44.5 Å². The van der Waals surface area contributed by atoms with Crippen molar-refractivity contribution in [1.82, 2.24) is 0 Å². The van der Waals surface area contributed by atoms with Crippen molar-refractivity contribution in [2.24, 2.45) is 11.1 Å². The number of halogens is 3. The van der Waals surface area contributed by atoms with Gasteiger partial charge in [-0.3, -0.25) is 5.14 Å². The fraction of sp³-hybridized carbons (Fsp3) is 0.306. The maximum absolute atomic E-state index is 10.6. The summed E-state index contributed by atoms with van der Waals surface area (Å²) in [6.07, 6.45) is 10.9. The quantitative estimate of drug-likeness (QED) is 0.0706. The standard InChI is InChI=1S/C46H51N3.C2H6.CH2F3NS/c1-6-17-37(7-2)48(8-3)39-28-24-35(25-29-39)46(36-26-30-40(31-27-36)49(9-4)38-19-11-10-12-20-38)43-32-33-45(42-22-15-14-21-41(42)43)47-44-23-16-13-18-34(44)5;1-2;2-1(3,4)6-5/h6-7,10-12,14-15,17,19-22,24-34,44,46-47H,1-2,8-9,13,16,18,23H2,3-5H3;1-2H3;5H2/b37-17+;;. The van der Waals surface area contributed by atoms with E-state index in [0.29, 0.717) is 12.0 Å². The number of para-hydroxylation sites is 1. The third kappa shape index (κ3) is 11.8. The van der Waals surface area contributed by atoms with Crippen molar-refractivity contribution in [3.63, 3.8) is 0 Å². The zero-order valence-corrected chi connectivity index (χ0v) is 34.9. The Labute approximate surface area is 343 Å². The first-order chi connectivity index (χ1) is 27.6. The number of alkyl halides is 3. The van der Waals surface area contributed by atoms with E-state index in [1.54, 1.807) is 0 Å². The summed E-state index contributed by atoms with van der Waals surface area (Å²) in [5.41, 5.74) is 5.42. The molecule has 1 aliphatic carbocycles. The number of nitrogens with zero attached hydrogens (tertiary/aromatic N) is 2. The Morgan fingerprint density at radius 3 is 1.84 bits per heavy atom. The number of fused-ring (bicyclic) bond motifs is 1. The minimum absolute atomic E-state index is 0.0557. The second-order valence-corrected chi connectivity index (χ2v) is 14.5. The number of benzene rings is 5. The number of nitrogens with two attached hydrogens (primary N) is 1. The van der Waals surface area contributed by atoms with Crippen LogP contribution in [0.15, 0.2) is 152 Å². The second kappa shape index (κ2) is 22.1. The van der Waals surface area contributed by atoms with E-state index >= 15 is 0 Å². The molecule has 0 radical (unpaired) electrons. The molecule has 0 spiro atoms. The van der Waals surface area contributed by atoms with Gasteiger partial charge in [-0.25, -0.2) is 0 Å². The minimum Gasteiger partial charge on any atom is -0.382 e. The van der Waals surface area contributed by atoms with Crippen molar-refractivity contribution in [3.05, 3.63) is 169 Å². The van der Waals surface area contributed by atoms with Gasteiger partial charge in [0.2, 0.25) is 0 Å². The first kappa shape index (κ1) is 44.8. The van der Waals surface area contributed by atoms with E-state index in [4.69, 9.17) is 0 Å². The zero-order chi connectivity index (χ0) is 41.4. The van der Waals surface area contributed by atoms with Gasteiger partial charge in [0.1, 0.15) is 0 Å². The molecule has 5 aromatic rings. The van der Waals surface area contributed by atoms with Crippen molar-refractivity contribution in [2.75, 3.05) is 28.2 Å². The molecule has 0 aromatic heterocycles. The lowest BCUT2D eigenvalue weighted by atomic mass is 9.82. The Kier molecular flexibility index (Phi) is 17.4. The lowest BCUT2D eigenvalue weighted by Gasteiger charge is -2.31. The molecule has 0 heterocycles. The Hall–Kier alpha value is -4.92. The van der Waals surface area contributed by atoms with Crippen LogP contribution in [-0.2, 0) is 0 Å². The van der Waals surface area contributed by atoms with Crippen molar-refractivity contribution >= 4 is 45.5 Å². The molecule has 0 aliphatic heterocycles. The summed E-state index contributed by atoms with van der Waals surface area (Å²) >= 11 is -0.618. The molecule has 1 aliphatic rings. The molecule has 3 atom stereocenters. The van der Waals surface area contributed by atoms with E-state index in [2.05, 4.69) is 169 Å². The van der Waals surface area contributed by atoms with Crippen LogP contribution in [0.5, 0.6) is 0 Å². The maximum atomic E-state index is 10.6. The monoisotopic (exact) mass is 792 g/mol. The number of nitrogens with one attached hydrogen (secondary N) is 1. The van der Waals surface area contributed by atoms with Gasteiger partial charge in [0.25, 0.3) is 0 Å². The number of allylic oxidation sites excluding steroid dienone is 3. The van der Waals surface area contributed by atoms with Crippen LogP contribution >= 0.6 is 11.9 Å². The second-order valence-electron chi connectivity index (χ2n) is 13.8. The molecule has 57 heavy (non-hydrogen) atoms. The summed E-state index contributed by atoms with van der Waals surface area (Å²) in [6.45, 7) is 20.5. The van der Waals surface area contributed by atoms with Crippen LogP contribution in [0.4, 0.5) is 35.9 Å². The first-order valence-electron chi connectivity index (χ1n) is 20.1. The van der Waals surface area contributed by atoms with Gasteiger partial charge in [-0.15, -0.1) is 0 Å². The average Bonchev–Trinajstić information content (AvgIpc) is 3.24. The molecular weight excluding hydrogens is 734 g/mol. The number of anilines is 4. The molecule has 5 aromatic carbocycles. The van der Waals surface area contributed by atoms with E-state index in [0.717, 1.165) is 24.5 Å². The Morgan fingerprint density at radius 2 is 1.32 bits per heavy atom. The molecule has 3 unspecified atom stereocenters. The van der Waals surface area contributed by atoms with Crippen molar-refractivity contribution in [2.45, 2.75) is 77.8 Å². The molecule has 302 valence electrons. The summed E-state index contributed by atoms with van der Waals surface area (Å²) in [6, 6.07) is 43.1. The van der Waals surface area contributed by atoms with Gasteiger partial charge in [0.05, 0.1) is 0 Å². The Bertz CT molecular complexity index is 2010. The molecule has 1 saturated carbocycles. The first-order valence-corrected chi connectivity index (χ1v) is 21.0. The number of hydrogen-bond acceptors (Lipinski definition) is 5. The fourth-order valence-corrected chi connectivity index (χ4v) is 7.70. The predicted octanol–water partition coefficient (Wildman–Crippen LogP) is 14.4. The molecule has 0 saturated heterocycles. The minimum atomic E-state index is -4.26. The Balaban J connectivity index is 0.000000824. The largest absolute Gasteiger partial charge is 0.455 e. The number of rotatable bonds is 13. The van der Waals surface area contributed by atoms with Gasteiger partial charge in [0, 0.05) is 70.8 Å². The lowest BCUT2D eigenvalue weighted by Crippen LogP contribution is -2.30. The molecule has 8 heteroatoms. The van der Waals surface area contributed by atoms with Gasteiger partial charge in [-0.05, 0) is 109 Å². The summed E-state index contributed by atoms with van der Waals surface area (Å²) in [4.78, 5) is 4.64. The third-order valence-corrected chi connectivity index (χ3v) is 10.7. The van der Waals surface area contributed by atoms with Crippen molar-refractivity contribution in [3.8, 4) is 0 Å². The summed E-state index contributed by atoms with van der Waals surface area (Å²) in [7, 11) is 0. The molecule has 0 bridgehead atoms. The van der Waals surface area contributed by atoms with Crippen LogP contribution in [0.25, 0.3) is 10.8 Å².